The molecule has 1 heterocycles. The molecule has 1 aromatic heterocycles. The molecule has 1 aliphatic carbocycles. The second-order valence-corrected chi connectivity index (χ2v) is 9.77. The highest BCUT2D eigenvalue weighted by molar-refractivity contribution is 7.12. The van der Waals surface area contributed by atoms with Crippen LogP contribution in [-0.2, 0) is 9.53 Å². The van der Waals surface area contributed by atoms with Crippen LogP contribution in [0.15, 0.2) is 6.08 Å². The van der Waals surface area contributed by atoms with Crippen molar-refractivity contribution in [3.05, 3.63) is 27.0 Å². The second-order valence-electron chi connectivity index (χ2n) is 8.35. The van der Waals surface area contributed by atoms with Gasteiger partial charge in [-0.15, -0.1) is 11.3 Å². The van der Waals surface area contributed by atoms with E-state index in [0.717, 1.165) is 28.8 Å². The van der Waals surface area contributed by atoms with Crippen LogP contribution in [0.5, 0.6) is 0 Å². The lowest BCUT2D eigenvalue weighted by atomic mass is 9.72. The minimum atomic E-state index is -0.927. The number of hydrogen-bond donors (Lipinski definition) is 1. The van der Waals surface area contributed by atoms with E-state index in [2.05, 4.69) is 26.8 Å². The topological polar surface area (TPSA) is 46.5 Å². The zero-order valence-corrected chi connectivity index (χ0v) is 16.8. The van der Waals surface area contributed by atoms with Gasteiger partial charge in [-0.25, -0.2) is 4.79 Å². The summed E-state index contributed by atoms with van der Waals surface area (Å²) in [6.45, 7) is 14.3. The lowest BCUT2D eigenvalue weighted by Gasteiger charge is -2.34. The third-order valence-electron chi connectivity index (χ3n) is 4.62. The molecule has 1 unspecified atom stereocenters. The van der Waals surface area contributed by atoms with Crippen LogP contribution in [0, 0.1) is 19.3 Å². The fourth-order valence-corrected chi connectivity index (χ4v) is 4.68. The van der Waals surface area contributed by atoms with E-state index >= 15 is 0 Å². The molecule has 1 atom stereocenters. The molecule has 2 rings (SSSR count). The Morgan fingerprint density at radius 2 is 1.92 bits per heavy atom. The lowest BCUT2D eigenvalue weighted by molar-refractivity contribution is -0.160. The summed E-state index contributed by atoms with van der Waals surface area (Å²) in [5.41, 5.74) is 2.80. The summed E-state index contributed by atoms with van der Waals surface area (Å²) in [6, 6.07) is 0. The molecule has 0 spiro atoms. The highest BCUT2D eigenvalue weighted by Gasteiger charge is 2.36. The summed E-state index contributed by atoms with van der Waals surface area (Å²) in [7, 11) is 0. The molecule has 0 amide bonds. The second kappa shape index (κ2) is 6.64. The number of rotatable bonds is 4. The van der Waals surface area contributed by atoms with Gasteiger partial charge < -0.3 is 9.84 Å². The third kappa shape index (κ3) is 3.92. The van der Waals surface area contributed by atoms with Gasteiger partial charge in [-0.05, 0) is 70.4 Å². The SMILES string of the molecule is Cc1sc(C)c(C(OC(C)(C)C)C(=O)O)c1C1=CCCCC1(C)C. The van der Waals surface area contributed by atoms with Crippen molar-refractivity contribution >= 4 is 22.9 Å². The van der Waals surface area contributed by atoms with Crippen molar-refractivity contribution in [1.29, 1.82) is 0 Å². The minimum absolute atomic E-state index is 0.0655. The predicted molar refractivity (Wildman–Crippen MR) is 101 cm³/mol. The molecule has 1 aliphatic rings. The zero-order chi connectivity index (χ0) is 18.3. The maximum Gasteiger partial charge on any atom is 0.337 e. The summed E-state index contributed by atoms with van der Waals surface area (Å²) in [6.07, 6.45) is 4.75. The molecule has 0 fully saturated rings. The Morgan fingerprint density at radius 3 is 2.42 bits per heavy atom. The fraction of sp³-hybridized carbons (Fsp3) is 0.650. The molecule has 4 heteroatoms. The number of carbonyl (C=O) groups is 1. The van der Waals surface area contributed by atoms with Gasteiger partial charge in [0, 0.05) is 15.3 Å². The number of aryl methyl sites for hydroxylation is 2. The summed E-state index contributed by atoms with van der Waals surface area (Å²) in [4.78, 5) is 14.2. The van der Waals surface area contributed by atoms with Gasteiger partial charge in [0.2, 0.25) is 0 Å². The molecule has 3 nitrogen and oxygen atoms in total. The molecule has 1 aromatic rings. The maximum absolute atomic E-state index is 12.0. The zero-order valence-electron chi connectivity index (χ0n) is 15.9. The number of aliphatic carboxylic acids is 1. The largest absolute Gasteiger partial charge is 0.479 e. The molecule has 0 saturated carbocycles. The molecule has 0 aliphatic heterocycles. The number of carboxylic acids is 1. The van der Waals surface area contributed by atoms with Crippen molar-refractivity contribution in [3.63, 3.8) is 0 Å². The molecule has 24 heavy (non-hydrogen) atoms. The summed E-state index contributed by atoms with van der Waals surface area (Å²) in [5, 5.41) is 9.84. The van der Waals surface area contributed by atoms with Crippen LogP contribution in [-0.4, -0.2) is 16.7 Å². The third-order valence-corrected chi connectivity index (χ3v) is 5.65. The van der Waals surface area contributed by atoms with Gasteiger partial charge in [0.1, 0.15) is 0 Å². The van der Waals surface area contributed by atoms with E-state index in [9.17, 15) is 9.90 Å². The molecular weight excluding hydrogens is 320 g/mol. The predicted octanol–water partition coefficient (Wildman–Crippen LogP) is 5.90. The Bertz CT molecular complexity index is 659. The number of hydrogen-bond acceptors (Lipinski definition) is 3. The molecule has 0 saturated heterocycles. The van der Waals surface area contributed by atoms with Crippen molar-refractivity contribution in [2.24, 2.45) is 5.41 Å². The molecule has 0 aromatic carbocycles. The van der Waals surface area contributed by atoms with Gasteiger partial charge in [-0.1, -0.05) is 19.9 Å². The Morgan fingerprint density at radius 1 is 1.29 bits per heavy atom. The Balaban J connectivity index is 2.63. The fourth-order valence-electron chi connectivity index (χ4n) is 3.58. The van der Waals surface area contributed by atoms with Crippen molar-refractivity contribution in [2.45, 2.75) is 79.4 Å². The summed E-state index contributed by atoms with van der Waals surface area (Å²) >= 11 is 1.68. The first-order valence-electron chi connectivity index (χ1n) is 8.65. The van der Waals surface area contributed by atoms with Gasteiger partial charge >= 0.3 is 5.97 Å². The average molecular weight is 351 g/mol. The monoisotopic (exact) mass is 350 g/mol. The molecular formula is C20H30O3S. The smallest absolute Gasteiger partial charge is 0.337 e. The number of allylic oxidation sites excluding steroid dienone is 2. The van der Waals surface area contributed by atoms with E-state index in [0.29, 0.717) is 0 Å². The van der Waals surface area contributed by atoms with Crippen LogP contribution < -0.4 is 0 Å². The highest BCUT2D eigenvalue weighted by atomic mass is 32.1. The van der Waals surface area contributed by atoms with Gasteiger partial charge in [0.05, 0.1) is 5.60 Å². The first-order chi connectivity index (χ1) is 10.9. The Labute approximate surface area is 149 Å². The van der Waals surface area contributed by atoms with Crippen LogP contribution in [0.3, 0.4) is 0 Å². The van der Waals surface area contributed by atoms with Crippen molar-refractivity contribution in [3.8, 4) is 0 Å². The molecule has 134 valence electrons. The quantitative estimate of drug-likeness (QED) is 0.735. The number of carboxylic acid groups (broad SMARTS) is 1. The van der Waals surface area contributed by atoms with Crippen molar-refractivity contribution < 1.29 is 14.6 Å². The van der Waals surface area contributed by atoms with E-state index < -0.39 is 17.7 Å². The average Bonchev–Trinajstić information content (AvgIpc) is 2.69. The van der Waals surface area contributed by atoms with Gasteiger partial charge in [-0.3, -0.25) is 0 Å². The summed E-state index contributed by atoms with van der Waals surface area (Å²) < 4.78 is 5.96. The van der Waals surface area contributed by atoms with Gasteiger partial charge in [0.25, 0.3) is 0 Å². The number of thiophene rings is 1. The van der Waals surface area contributed by atoms with E-state index in [-0.39, 0.29) is 5.41 Å². The molecule has 0 radical (unpaired) electrons. The van der Waals surface area contributed by atoms with Gasteiger partial charge in [0.15, 0.2) is 6.10 Å². The standard InChI is InChI=1S/C20H30O3S/c1-12-15(14-10-8-9-11-20(14,6)7)16(13(2)24-12)17(18(21)22)23-19(3,4)5/h10,17H,8-9,11H2,1-7H3,(H,21,22). The van der Waals surface area contributed by atoms with E-state index in [1.807, 2.05) is 27.7 Å². The van der Waals surface area contributed by atoms with Gasteiger partial charge in [-0.2, -0.15) is 0 Å². The van der Waals surface area contributed by atoms with Crippen LogP contribution in [0.2, 0.25) is 0 Å². The Hall–Kier alpha value is -1.13. The van der Waals surface area contributed by atoms with Crippen LogP contribution in [0.1, 0.15) is 80.9 Å². The normalized spacial score (nSPS) is 19.0. The summed E-state index contributed by atoms with van der Waals surface area (Å²) in [5.74, 6) is -0.915. The lowest BCUT2D eigenvalue weighted by Crippen LogP contribution is -2.28. The van der Waals surface area contributed by atoms with Crippen LogP contribution >= 0.6 is 11.3 Å². The van der Waals surface area contributed by atoms with Crippen molar-refractivity contribution in [2.75, 3.05) is 0 Å². The maximum atomic E-state index is 12.0. The van der Waals surface area contributed by atoms with Crippen LogP contribution in [0.4, 0.5) is 0 Å². The first kappa shape index (κ1) is 19.2. The molecule has 1 N–H and O–H groups in total. The first-order valence-corrected chi connectivity index (χ1v) is 9.47. The van der Waals surface area contributed by atoms with E-state index in [4.69, 9.17) is 4.74 Å². The highest BCUT2D eigenvalue weighted by Crippen LogP contribution is 2.49. The minimum Gasteiger partial charge on any atom is -0.479 e. The van der Waals surface area contributed by atoms with E-state index in [1.54, 1.807) is 11.3 Å². The van der Waals surface area contributed by atoms with E-state index in [1.165, 1.54) is 16.9 Å². The molecule has 0 bridgehead atoms. The van der Waals surface area contributed by atoms with Crippen molar-refractivity contribution in [1.82, 2.24) is 0 Å². The number of ether oxygens (including phenoxy) is 1. The van der Waals surface area contributed by atoms with Crippen LogP contribution in [0.25, 0.3) is 5.57 Å². The Kier molecular flexibility index (Phi) is 5.31.